The van der Waals surface area contributed by atoms with Gasteiger partial charge in [-0.15, -0.1) is 5.10 Å². The van der Waals surface area contributed by atoms with E-state index in [1.54, 1.807) is 29.8 Å². The van der Waals surface area contributed by atoms with Gasteiger partial charge in [-0.2, -0.15) is 5.26 Å². The van der Waals surface area contributed by atoms with Crippen LogP contribution in [0, 0.1) is 29.9 Å². The number of aromatic nitrogens is 4. The summed E-state index contributed by atoms with van der Waals surface area (Å²) in [4.78, 5) is 18.1. The Morgan fingerprint density at radius 3 is 2.58 bits per heavy atom. The topological polar surface area (TPSA) is 132 Å². The molecule has 3 heterocycles. The second kappa shape index (κ2) is 15.1. The van der Waals surface area contributed by atoms with Gasteiger partial charge in [-0.3, -0.25) is 4.98 Å². The van der Waals surface area contributed by atoms with Crippen molar-refractivity contribution in [1.29, 1.82) is 5.26 Å². The molecule has 1 fully saturated rings. The second-order valence-corrected chi connectivity index (χ2v) is 13.8. The zero-order valence-corrected chi connectivity index (χ0v) is 29.8. The number of halogens is 4. The molecule has 14 heteroatoms. The van der Waals surface area contributed by atoms with E-state index in [0.29, 0.717) is 70.1 Å². The van der Waals surface area contributed by atoms with Gasteiger partial charge in [-0.1, -0.05) is 64.8 Å². The maximum absolute atomic E-state index is 14.4. The first-order valence-electron chi connectivity index (χ1n) is 16.8. The number of carboxylic acid groups (broad SMARTS) is 1. The number of benzene rings is 4. The number of fused-ring (bicyclic) bond motifs is 1. The third kappa shape index (κ3) is 7.58. The van der Waals surface area contributed by atoms with E-state index in [1.807, 2.05) is 36.5 Å². The van der Waals surface area contributed by atoms with Crippen LogP contribution in [-0.2, 0) is 6.42 Å². The molecule has 1 aliphatic heterocycles. The van der Waals surface area contributed by atoms with Crippen molar-refractivity contribution in [2.75, 3.05) is 17.2 Å². The third-order valence-electron chi connectivity index (χ3n) is 9.53. The number of likely N-dealkylation sites (tertiary alicyclic amines) is 1. The molecule has 1 saturated heterocycles. The molecule has 1 amide bonds. The van der Waals surface area contributed by atoms with Gasteiger partial charge in [-0.25, -0.2) is 18.3 Å². The number of amides is 1. The van der Waals surface area contributed by atoms with Gasteiger partial charge in [-0.05, 0) is 85.3 Å². The Labute approximate surface area is 313 Å². The van der Waals surface area contributed by atoms with E-state index in [1.165, 1.54) is 41.4 Å². The van der Waals surface area contributed by atoms with E-state index in [4.69, 9.17) is 23.2 Å². The van der Waals surface area contributed by atoms with Crippen molar-refractivity contribution >= 4 is 57.3 Å². The summed E-state index contributed by atoms with van der Waals surface area (Å²) in [6.07, 6.45) is 3.96. The Kier molecular flexibility index (Phi) is 10.1. The molecule has 1 aliphatic rings. The Bertz CT molecular complexity index is 2370. The number of nitriles is 1. The molecular weight excluding hydrogens is 721 g/mol. The van der Waals surface area contributed by atoms with Gasteiger partial charge in [0.15, 0.2) is 0 Å². The minimum Gasteiger partial charge on any atom is -0.465 e. The predicted molar refractivity (Wildman–Crippen MR) is 200 cm³/mol. The number of anilines is 3. The molecule has 3 unspecified atom stereocenters. The lowest BCUT2D eigenvalue weighted by Crippen LogP contribution is -2.47. The van der Waals surface area contributed by atoms with Crippen LogP contribution in [0.2, 0.25) is 10.0 Å². The first-order valence-corrected chi connectivity index (χ1v) is 17.6. The van der Waals surface area contributed by atoms with E-state index in [2.05, 4.69) is 32.0 Å². The number of nitrogens with zero attached hydrogens (tertiary/aromatic N) is 6. The zero-order chi connectivity index (χ0) is 37.2. The monoisotopic (exact) mass is 752 g/mol. The van der Waals surface area contributed by atoms with Crippen LogP contribution in [0.3, 0.4) is 0 Å². The number of hydrogen-bond acceptors (Lipinski definition) is 7. The number of hydrogen-bond donors (Lipinski definition) is 3. The van der Waals surface area contributed by atoms with Crippen molar-refractivity contribution in [1.82, 2.24) is 24.9 Å². The molecule has 10 nitrogen and oxygen atoms in total. The number of piperidine rings is 1. The second-order valence-electron chi connectivity index (χ2n) is 13.0. The molecule has 4 aromatic carbocycles. The van der Waals surface area contributed by atoms with Crippen molar-refractivity contribution in [2.24, 2.45) is 0 Å². The van der Waals surface area contributed by atoms with Crippen LogP contribution in [0.1, 0.15) is 52.9 Å². The minimum absolute atomic E-state index is 0.0861. The van der Waals surface area contributed by atoms with E-state index >= 15 is 0 Å². The normalized spacial score (nSPS) is 16.3. The van der Waals surface area contributed by atoms with Gasteiger partial charge in [0.1, 0.15) is 23.4 Å². The molecule has 0 aliphatic carbocycles. The number of aryl methyl sites for hydroxylation is 1. The number of pyridine rings is 1. The summed E-state index contributed by atoms with van der Waals surface area (Å²) >= 11 is 12.8. The largest absolute Gasteiger partial charge is 0.465 e. The molecular formula is C39H32Cl2F2N8O2. The summed E-state index contributed by atoms with van der Waals surface area (Å²) in [6.45, 7) is 2.15. The van der Waals surface area contributed by atoms with Gasteiger partial charge in [0.05, 0.1) is 45.1 Å². The fourth-order valence-corrected chi connectivity index (χ4v) is 7.37. The lowest BCUT2D eigenvalue weighted by molar-refractivity contribution is 0.0887. The van der Waals surface area contributed by atoms with Crippen LogP contribution < -0.4 is 10.6 Å². The summed E-state index contributed by atoms with van der Waals surface area (Å²) in [7, 11) is 0. The fourth-order valence-electron chi connectivity index (χ4n) is 6.92. The SMILES string of the molecule is Cc1cc(F)ccc1C(Nc1cc(Cl)c2ncc(C#N)c(Nc3ccc(F)c(Cl)c3)c2c1)c1cn(C2CCN(C(=O)O)C(Cc3ccccc3)C2)nn1. The lowest BCUT2D eigenvalue weighted by atomic mass is 9.92. The van der Waals surface area contributed by atoms with Crippen LogP contribution in [0.15, 0.2) is 91.3 Å². The van der Waals surface area contributed by atoms with Gasteiger partial charge in [0.2, 0.25) is 0 Å². The minimum atomic E-state index is -0.953. The van der Waals surface area contributed by atoms with E-state index in [-0.39, 0.29) is 28.5 Å². The molecule has 2 aromatic heterocycles. The molecule has 3 atom stereocenters. The maximum atomic E-state index is 14.4. The van der Waals surface area contributed by atoms with Crippen LogP contribution in [0.25, 0.3) is 10.9 Å². The molecule has 53 heavy (non-hydrogen) atoms. The van der Waals surface area contributed by atoms with E-state index in [9.17, 15) is 23.9 Å². The summed E-state index contributed by atoms with van der Waals surface area (Å²) in [5.41, 5.74) is 5.02. The molecule has 0 bridgehead atoms. The molecule has 0 saturated carbocycles. The standard InChI is InChI=1S/C39H32Cl2F2N8O2/c1-22-13-25(42)7-9-30(22)38(35-21-51(49-48-35)28-11-12-50(39(52)53)29(18-28)14-23-5-3-2-4-6-23)47-27-15-31-36(46-26-8-10-34(43)32(40)16-26)24(19-44)20-45-37(31)33(41)17-27/h2-10,13,15-17,20-21,28-29,38,47H,11-12,14,18H2,1H3,(H,45,46)(H,52,53). The Hall–Kier alpha value is -5.77. The average Bonchev–Trinajstić information content (AvgIpc) is 3.63. The van der Waals surface area contributed by atoms with Crippen LogP contribution >= 0.6 is 23.2 Å². The third-order valence-corrected chi connectivity index (χ3v) is 10.1. The van der Waals surface area contributed by atoms with Gasteiger partial charge in [0, 0.05) is 35.5 Å². The van der Waals surface area contributed by atoms with E-state index < -0.39 is 18.0 Å². The Morgan fingerprint density at radius 1 is 1.06 bits per heavy atom. The highest BCUT2D eigenvalue weighted by molar-refractivity contribution is 6.36. The zero-order valence-electron chi connectivity index (χ0n) is 28.3. The fraction of sp³-hybridized carbons (Fsp3) is 0.205. The number of carbonyl (C=O) groups is 1. The summed E-state index contributed by atoms with van der Waals surface area (Å²) < 4.78 is 30.1. The van der Waals surface area contributed by atoms with Gasteiger partial charge in [0.25, 0.3) is 0 Å². The van der Waals surface area contributed by atoms with Gasteiger partial charge >= 0.3 is 6.09 Å². The van der Waals surface area contributed by atoms with Gasteiger partial charge < -0.3 is 20.6 Å². The van der Waals surface area contributed by atoms with Crippen molar-refractivity contribution in [3.8, 4) is 6.07 Å². The lowest BCUT2D eigenvalue weighted by Gasteiger charge is -2.37. The molecule has 6 aromatic rings. The Balaban J connectivity index is 1.24. The first-order chi connectivity index (χ1) is 25.6. The molecule has 0 radical (unpaired) electrons. The highest BCUT2D eigenvalue weighted by Gasteiger charge is 2.33. The molecule has 3 N–H and O–H groups in total. The maximum Gasteiger partial charge on any atom is 0.407 e. The van der Waals surface area contributed by atoms with Crippen LogP contribution in [0.4, 0.5) is 30.6 Å². The van der Waals surface area contributed by atoms with E-state index in [0.717, 1.165) is 11.1 Å². The predicted octanol–water partition coefficient (Wildman–Crippen LogP) is 9.46. The van der Waals surface area contributed by atoms with Crippen molar-refractivity contribution in [2.45, 2.75) is 44.3 Å². The first kappa shape index (κ1) is 35.6. The van der Waals surface area contributed by atoms with Crippen LogP contribution in [0.5, 0.6) is 0 Å². The van der Waals surface area contributed by atoms with Crippen molar-refractivity contribution in [3.63, 3.8) is 0 Å². The highest BCUT2D eigenvalue weighted by atomic mass is 35.5. The summed E-state index contributed by atoms with van der Waals surface area (Å²) in [6, 6.07) is 23.1. The van der Waals surface area contributed by atoms with Crippen LogP contribution in [-0.4, -0.2) is 48.7 Å². The van der Waals surface area contributed by atoms with Crippen molar-refractivity contribution < 1.29 is 18.7 Å². The number of nitrogens with one attached hydrogen (secondary N) is 2. The Morgan fingerprint density at radius 2 is 1.85 bits per heavy atom. The summed E-state index contributed by atoms with van der Waals surface area (Å²) in [5, 5.41) is 36.5. The molecule has 0 spiro atoms. The molecule has 268 valence electrons. The number of rotatable bonds is 9. The quantitative estimate of drug-likeness (QED) is 0.133. The smallest absolute Gasteiger partial charge is 0.407 e. The average molecular weight is 754 g/mol. The summed E-state index contributed by atoms with van der Waals surface area (Å²) in [5.74, 6) is -0.965. The molecule has 7 rings (SSSR count). The highest BCUT2D eigenvalue weighted by Crippen LogP contribution is 2.38. The van der Waals surface area contributed by atoms with Crippen molar-refractivity contribution in [3.05, 3.63) is 141 Å².